The maximum absolute atomic E-state index is 4.54. The molecular weight excluding hydrogens is 306 g/mol. The number of hydrogen-bond donors (Lipinski definition) is 0. The summed E-state index contributed by atoms with van der Waals surface area (Å²) in [7, 11) is 0. The van der Waals surface area contributed by atoms with Crippen LogP contribution in [0.4, 0.5) is 5.82 Å². The Kier molecular flexibility index (Phi) is 6.63. The maximum Gasteiger partial charge on any atom is 0.128 e. The normalized spacial score (nSPS) is 15.8. The summed E-state index contributed by atoms with van der Waals surface area (Å²) in [6.07, 6.45) is 8.69. The number of hydrogen-bond acceptors (Lipinski definition) is 3. The van der Waals surface area contributed by atoms with Gasteiger partial charge in [0.1, 0.15) is 5.82 Å². The molecule has 2 aromatic rings. The second-order valence-corrected chi connectivity index (χ2v) is 6.79. The van der Waals surface area contributed by atoms with Crippen LogP contribution in [0.5, 0.6) is 0 Å². The van der Waals surface area contributed by atoms with Gasteiger partial charge in [-0.1, -0.05) is 42.5 Å². The molecule has 0 aliphatic carbocycles. The predicted octanol–water partition coefficient (Wildman–Crippen LogP) is 4.17. The number of pyridine rings is 1. The number of anilines is 1. The average Bonchev–Trinajstić information content (AvgIpc) is 2.68. The molecular formula is C22H29N3. The number of benzene rings is 1. The van der Waals surface area contributed by atoms with Crippen molar-refractivity contribution in [3.05, 3.63) is 72.9 Å². The summed E-state index contributed by atoms with van der Waals surface area (Å²) in [5, 5.41) is 0. The zero-order valence-corrected chi connectivity index (χ0v) is 15.1. The minimum absolute atomic E-state index is 0.568. The fourth-order valence-corrected chi connectivity index (χ4v) is 3.70. The molecule has 0 bridgehead atoms. The Labute approximate surface area is 152 Å². The molecule has 0 amide bonds. The van der Waals surface area contributed by atoms with Crippen LogP contribution >= 0.6 is 0 Å². The molecule has 3 heteroatoms. The van der Waals surface area contributed by atoms with Gasteiger partial charge < -0.3 is 9.80 Å². The maximum atomic E-state index is 4.54. The molecule has 0 spiro atoms. The number of nitrogens with zero attached hydrogens (tertiary/aromatic N) is 3. The largest absolute Gasteiger partial charge is 0.350 e. The van der Waals surface area contributed by atoms with E-state index in [1.165, 1.54) is 50.9 Å². The van der Waals surface area contributed by atoms with E-state index in [4.69, 9.17) is 0 Å². The first kappa shape index (κ1) is 17.7. The van der Waals surface area contributed by atoms with Crippen LogP contribution in [-0.2, 0) is 6.42 Å². The van der Waals surface area contributed by atoms with Crippen molar-refractivity contribution < 1.29 is 0 Å². The van der Waals surface area contributed by atoms with Crippen molar-refractivity contribution in [2.45, 2.75) is 31.7 Å². The second kappa shape index (κ2) is 9.38. The molecule has 1 aromatic heterocycles. The highest BCUT2D eigenvalue weighted by Crippen LogP contribution is 2.22. The highest BCUT2D eigenvalue weighted by Gasteiger charge is 2.24. The van der Waals surface area contributed by atoms with Gasteiger partial charge in [0, 0.05) is 31.9 Å². The number of rotatable bonds is 8. The van der Waals surface area contributed by atoms with Crippen LogP contribution in [0.1, 0.15) is 24.8 Å². The van der Waals surface area contributed by atoms with Gasteiger partial charge in [0.2, 0.25) is 0 Å². The molecule has 25 heavy (non-hydrogen) atoms. The number of piperidine rings is 1. The third-order valence-corrected chi connectivity index (χ3v) is 5.05. The lowest BCUT2D eigenvalue weighted by Crippen LogP contribution is -2.45. The summed E-state index contributed by atoms with van der Waals surface area (Å²) >= 11 is 0. The number of aryl methyl sites for hydroxylation is 1. The number of aromatic nitrogens is 1. The van der Waals surface area contributed by atoms with E-state index in [0.717, 1.165) is 12.4 Å². The summed E-state index contributed by atoms with van der Waals surface area (Å²) in [4.78, 5) is 9.57. The summed E-state index contributed by atoms with van der Waals surface area (Å²) in [6, 6.07) is 17.5. The molecule has 1 aliphatic heterocycles. The monoisotopic (exact) mass is 335 g/mol. The van der Waals surface area contributed by atoms with Gasteiger partial charge in [-0.05, 0) is 49.9 Å². The first-order valence-corrected chi connectivity index (χ1v) is 9.41. The first-order valence-electron chi connectivity index (χ1n) is 9.41. The zero-order chi connectivity index (χ0) is 17.3. The molecule has 132 valence electrons. The van der Waals surface area contributed by atoms with E-state index in [2.05, 4.69) is 63.8 Å². The number of likely N-dealkylation sites (tertiary alicyclic amines) is 1. The van der Waals surface area contributed by atoms with Crippen LogP contribution in [0, 0.1) is 0 Å². The molecule has 2 heterocycles. The Morgan fingerprint density at radius 2 is 1.84 bits per heavy atom. The molecule has 0 unspecified atom stereocenters. The minimum Gasteiger partial charge on any atom is -0.350 e. The van der Waals surface area contributed by atoms with Gasteiger partial charge in [-0.2, -0.15) is 0 Å². The highest BCUT2D eigenvalue weighted by atomic mass is 15.2. The van der Waals surface area contributed by atoms with Crippen LogP contribution in [0.2, 0.25) is 0 Å². The van der Waals surface area contributed by atoms with E-state index >= 15 is 0 Å². The standard InChI is InChI=1S/C22H29N3/c1-2-16-25(22-12-6-7-15-23-22)21-13-18-24(19-14-21)17-8-11-20-9-4-3-5-10-20/h2-7,9-10,12,15,21H,1,8,11,13-14,16-19H2. The molecule has 1 saturated heterocycles. The lowest BCUT2D eigenvalue weighted by molar-refractivity contribution is 0.207. The van der Waals surface area contributed by atoms with Crippen LogP contribution in [0.3, 0.4) is 0 Å². The third kappa shape index (κ3) is 5.17. The molecule has 1 aliphatic rings. The Balaban J connectivity index is 1.46. The van der Waals surface area contributed by atoms with E-state index in [0.29, 0.717) is 6.04 Å². The predicted molar refractivity (Wildman–Crippen MR) is 106 cm³/mol. The summed E-state index contributed by atoms with van der Waals surface area (Å²) in [6.45, 7) is 8.36. The van der Waals surface area contributed by atoms with Gasteiger partial charge in [0.15, 0.2) is 0 Å². The Bertz CT molecular complexity index is 618. The fourth-order valence-electron chi connectivity index (χ4n) is 3.70. The van der Waals surface area contributed by atoms with Gasteiger partial charge in [0.25, 0.3) is 0 Å². The summed E-state index contributed by atoms with van der Waals surface area (Å²) < 4.78 is 0. The van der Waals surface area contributed by atoms with Crippen LogP contribution in [-0.4, -0.2) is 42.1 Å². The molecule has 1 fully saturated rings. The van der Waals surface area contributed by atoms with Crippen molar-refractivity contribution in [2.75, 3.05) is 31.1 Å². The topological polar surface area (TPSA) is 19.4 Å². The van der Waals surface area contributed by atoms with Gasteiger partial charge in [-0.15, -0.1) is 6.58 Å². The van der Waals surface area contributed by atoms with E-state index < -0.39 is 0 Å². The zero-order valence-electron chi connectivity index (χ0n) is 15.1. The fraction of sp³-hybridized carbons (Fsp3) is 0.409. The molecule has 0 N–H and O–H groups in total. The quantitative estimate of drug-likeness (QED) is 0.675. The molecule has 0 saturated carbocycles. The molecule has 3 rings (SSSR count). The van der Waals surface area contributed by atoms with Gasteiger partial charge in [-0.25, -0.2) is 4.98 Å². The Morgan fingerprint density at radius 3 is 2.52 bits per heavy atom. The van der Waals surface area contributed by atoms with Crippen molar-refractivity contribution in [1.82, 2.24) is 9.88 Å². The molecule has 0 atom stereocenters. The Morgan fingerprint density at radius 1 is 1.08 bits per heavy atom. The first-order chi connectivity index (χ1) is 12.4. The Hall–Kier alpha value is -2.13. The van der Waals surface area contributed by atoms with Crippen molar-refractivity contribution in [3.63, 3.8) is 0 Å². The van der Waals surface area contributed by atoms with Crippen LogP contribution in [0.15, 0.2) is 67.4 Å². The van der Waals surface area contributed by atoms with Gasteiger partial charge in [-0.3, -0.25) is 0 Å². The van der Waals surface area contributed by atoms with Gasteiger partial charge >= 0.3 is 0 Å². The molecule has 3 nitrogen and oxygen atoms in total. The summed E-state index contributed by atoms with van der Waals surface area (Å²) in [5.74, 6) is 1.07. The van der Waals surface area contributed by atoms with Gasteiger partial charge in [0.05, 0.1) is 0 Å². The van der Waals surface area contributed by atoms with Crippen molar-refractivity contribution in [1.29, 1.82) is 0 Å². The van der Waals surface area contributed by atoms with Crippen LogP contribution < -0.4 is 4.90 Å². The minimum atomic E-state index is 0.568. The average molecular weight is 335 g/mol. The second-order valence-electron chi connectivity index (χ2n) is 6.79. The highest BCUT2D eigenvalue weighted by molar-refractivity contribution is 5.40. The third-order valence-electron chi connectivity index (χ3n) is 5.05. The SMILES string of the molecule is C=CCN(c1ccccn1)C1CCN(CCCc2ccccc2)CC1. The smallest absolute Gasteiger partial charge is 0.128 e. The van der Waals surface area contributed by atoms with E-state index in [9.17, 15) is 0 Å². The van der Waals surface area contributed by atoms with E-state index in [1.54, 1.807) is 0 Å². The summed E-state index contributed by atoms with van der Waals surface area (Å²) in [5.41, 5.74) is 1.45. The lowest BCUT2D eigenvalue weighted by atomic mass is 10.0. The molecule has 0 radical (unpaired) electrons. The van der Waals surface area contributed by atoms with Crippen molar-refractivity contribution in [3.8, 4) is 0 Å². The van der Waals surface area contributed by atoms with E-state index in [-0.39, 0.29) is 0 Å². The van der Waals surface area contributed by atoms with E-state index in [1.807, 2.05) is 18.3 Å². The van der Waals surface area contributed by atoms with Crippen molar-refractivity contribution >= 4 is 5.82 Å². The molecule has 1 aromatic carbocycles. The van der Waals surface area contributed by atoms with Crippen molar-refractivity contribution in [2.24, 2.45) is 0 Å². The lowest BCUT2D eigenvalue weighted by Gasteiger charge is -2.38. The van der Waals surface area contributed by atoms with Crippen LogP contribution in [0.25, 0.3) is 0 Å².